The van der Waals surface area contributed by atoms with Crippen molar-refractivity contribution in [3.8, 4) is 0 Å². The van der Waals surface area contributed by atoms with Crippen LogP contribution in [-0.4, -0.2) is 72.7 Å². The SMILES string of the molecule is NO.O=C[C@H](O)[C@@H](O)[C@H](O)[C@H](O)COP(=O)(O)O. The van der Waals surface area contributed by atoms with E-state index in [2.05, 4.69) is 10.4 Å². The van der Waals surface area contributed by atoms with Gasteiger partial charge < -0.3 is 40.2 Å². The molecule has 0 amide bonds. The molecular weight excluding hydrogens is 277 g/mol. The van der Waals surface area contributed by atoms with Crippen LogP contribution in [0.3, 0.4) is 0 Å². The topological polar surface area (TPSA) is 211 Å². The van der Waals surface area contributed by atoms with Crippen LogP contribution in [0.5, 0.6) is 0 Å². The summed E-state index contributed by atoms with van der Waals surface area (Å²) in [7, 11) is -4.80. The minimum atomic E-state index is -4.80. The summed E-state index contributed by atoms with van der Waals surface area (Å²) in [6.07, 6.45) is -7.80. The van der Waals surface area contributed by atoms with E-state index in [1.54, 1.807) is 0 Å². The third-order valence-electron chi connectivity index (χ3n) is 1.65. The minimum Gasteiger partial charge on any atom is -0.388 e. The smallest absolute Gasteiger partial charge is 0.388 e. The van der Waals surface area contributed by atoms with Crippen molar-refractivity contribution in [2.45, 2.75) is 24.4 Å². The third kappa shape index (κ3) is 8.60. The van der Waals surface area contributed by atoms with Crippen LogP contribution in [-0.2, 0) is 13.9 Å². The first kappa shape index (κ1) is 19.9. The number of aldehydes is 1. The Hall–Kier alpha value is -0.460. The van der Waals surface area contributed by atoms with E-state index in [4.69, 9.17) is 35.4 Å². The molecule has 0 aliphatic rings. The first-order valence-corrected chi connectivity index (χ1v) is 5.85. The first-order chi connectivity index (χ1) is 8.19. The monoisotopic (exact) mass is 293 g/mol. The number of carbonyl (C=O) groups is 1. The molecule has 0 saturated heterocycles. The van der Waals surface area contributed by atoms with Crippen LogP contribution >= 0.6 is 7.82 Å². The zero-order valence-electron chi connectivity index (χ0n) is 8.97. The van der Waals surface area contributed by atoms with Crippen LogP contribution in [0.4, 0.5) is 0 Å². The lowest BCUT2D eigenvalue weighted by atomic mass is 10.0. The number of rotatable bonds is 7. The quantitative estimate of drug-likeness (QED) is 0.129. The summed E-state index contributed by atoms with van der Waals surface area (Å²) < 4.78 is 14.1. The van der Waals surface area contributed by atoms with Crippen molar-refractivity contribution in [1.82, 2.24) is 0 Å². The average Bonchev–Trinajstić information content (AvgIpc) is 2.34. The molecule has 4 atom stereocenters. The maximum atomic E-state index is 10.2. The van der Waals surface area contributed by atoms with Crippen molar-refractivity contribution in [2.24, 2.45) is 5.90 Å². The van der Waals surface area contributed by atoms with Crippen LogP contribution in [0.2, 0.25) is 0 Å². The van der Waals surface area contributed by atoms with Crippen LogP contribution in [0.15, 0.2) is 0 Å². The summed E-state index contributed by atoms with van der Waals surface area (Å²) in [6.45, 7) is -0.964. The second kappa shape index (κ2) is 9.47. The van der Waals surface area contributed by atoms with Crippen LogP contribution in [0, 0.1) is 0 Å². The molecule has 18 heavy (non-hydrogen) atoms. The van der Waals surface area contributed by atoms with Crippen molar-refractivity contribution < 1.29 is 49.3 Å². The highest BCUT2D eigenvalue weighted by molar-refractivity contribution is 7.46. The highest BCUT2D eigenvalue weighted by Crippen LogP contribution is 2.35. The molecule has 0 rings (SSSR count). The molecule has 0 bridgehead atoms. The zero-order valence-corrected chi connectivity index (χ0v) is 9.87. The fourth-order valence-corrected chi connectivity index (χ4v) is 1.13. The van der Waals surface area contributed by atoms with Gasteiger partial charge in [0.15, 0.2) is 6.29 Å². The number of hydrogen-bond acceptors (Lipinski definition) is 9. The summed E-state index contributed by atoms with van der Waals surface area (Å²) in [5, 5.41) is 42.6. The van der Waals surface area contributed by atoms with Crippen molar-refractivity contribution in [2.75, 3.05) is 6.61 Å². The van der Waals surface area contributed by atoms with Crippen LogP contribution in [0.1, 0.15) is 0 Å². The van der Waals surface area contributed by atoms with Gasteiger partial charge in [0.05, 0.1) is 6.61 Å². The normalized spacial score (nSPS) is 18.0. The number of phosphoric ester groups is 1. The Morgan fingerprint density at radius 1 is 1.11 bits per heavy atom. The number of aliphatic hydroxyl groups is 4. The molecular formula is C6H16NO10P. The van der Waals surface area contributed by atoms with Gasteiger partial charge in [0, 0.05) is 0 Å². The van der Waals surface area contributed by atoms with Crippen LogP contribution in [0.25, 0.3) is 0 Å². The Morgan fingerprint density at radius 2 is 1.56 bits per heavy atom. The minimum absolute atomic E-state index is 0.0650. The highest BCUT2D eigenvalue weighted by Gasteiger charge is 2.31. The Bertz CT molecular complexity index is 269. The van der Waals surface area contributed by atoms with Crippen molar-refractivity contribution in [1.29, 1.82) is 0 Å². The molecule has 0 saturated carbocycles. The van der Waals surface area contributed by atoms with E-state index < -0.39 is 38.8 Å². The maximum Gasteiger partial charge on any atom is 0.469 e. The van der Waals surface area contributed by atoms with Gasteiger partial charge in [0.25, 0.3) is 0 Å². The Kier molecular flexibility index (Phi) is 10.5. The molecule has 0 heterocycles. The molecule has 11 nitrogen and oxygen atoms in total. The fourth-order valence-electron chi connectivity index (χ4n) is 0.782. The van der Waals surface area contributed by atoms with E-state index in [9.17, 15) is 9.36 Å². The molecule has 0 aromatic carbocycles. The molecule has 0 radical (unpaired) electrons. The molecule has 0 aliphatic carbocycles. The molecule has 9 N–H and O–H groups in total. The summed E-state index contributed by atoms with van der Waals surface area (Å²) in [5.41, 5.74) is 0. The molecule has 12 heteroatoms. The number of nitrogens with two attached hydrogens (primary N) is 1. The second-order valence-corrected chi connectivity index (χ2v) is 4.20. The van der Waals surface area contributed by atoms with E-state index in [1.165, 1.54) is 0 Å². The lowest BCUT2D eigenvalue weighted by molar-refractivity contribution is -0.136. The van der Waals surface area contributed by atoms with E-state index in [0.717, 1.165) is 0 Å². The molecule has 0 aromatic heterocycles. The fraction of sp³-hybridized carbons (Fsp3) is 0.833. The Balaban J connectivity index is 0. The Morgan fingerprint density at radius 3 is 1.89 bits per heavy atom. The van der Waals surface area contributed by atoms with Crippen LogP contribution < -0.4 is 5.90 Å². The predicted molar refractivity (Wildman–Crippen MR) is 54.1 cm³/mol. The molecule has 0 fully saturated rings. The van der Waals surface area contributed by atoms with Gasteiger partial charge in [-0.25, -0.2) is 10.5 Å². The van der Waals surface area contributed by atoms with Gasteiger partial charge in [-0.05, 0) is 0 Å². The van der Waals surface area contributed by atoms with E-state index in [1.807, 2.05) is 0 Å². The van der Waals surface area contributed by atoms with E-state index in [-0.39, 0.29) is 6.29 Å². The van der Waals surface area contributed by atoms with Crippen molar-refractivity contribution in [3.63, 3.8) is 0 Å². The zero-order chi connectivity index (χ0) is 14.9. The summed E-state index contributed by atoms with van der Waals surface area (Å²) in [4.78, 5) is 26.6. The highest BCUT2D eigenvalue weighted by atomic mass is 31.2. The predicted octanol–water partition coefficient (Wildman–Crippen LogP) is -3.93. The van der Waals surface area contributed by atoms with Gasteiger partial charge in [0.2, 0.25) is 0 Å². The number of carbonyl (C=O) groups excluding carboxylic acids is 1. The average molecular weight is 293 g/mol. The van der Waals surface area contributed by atoms with Gasteiger partial charge in [-0.3, -0.25) is 4.52 Å². The molecule has 0 aromatic rings. The van der Waals surface area contributed by atoms with Crippen molar-refractivity contribution >= 4 is 14.1 Å². The van der Waals surface area contributed by atoms with E-state index in [0.29, 0.717) is 0 Å². The van der Waals surface area contributed by atoms with Gasteiger partial charge in [-0.15, -0.1) is 0 Å². The number of aliphatic hydroxyl groups excluding tert-OH is 4. The van der Waals surface area contributed by atoms with Gasteiger partial charge in [0.1, 0.15) is 24.4 Å². The van der Waals surface area contributed by atoms with Gasteiger partial charge >= 0.3 is 7.82 Å². The first-order valence-electron chi connectivity index (χ1n) is 4.32. The van der Waals surface area contributed by atoms with Crippen molar-refractivity contribution in [3.05, 3.63) is 0 Å². The third-order valence-corrected chi connectivity index (χ3v) is 2.13. The molecule has 110 valence electrons. The number of phosphoric acid groups is 1. The molecule has 0 unspecified atom stereocenters. The molecule has 0 aliphatic heterocycles. The standard InChI is InChI=1S/C6H13O9P.H3NO/c7-1-3(8)5(10)6(11)4(9)2-15-16(12,13)14;1-2/h1,3-6,8-11H,2H2,(H2,12,13,14);2H,1H2/t3-,4+,5+,6+;/m0./s1. The summed E-state index contributed by atoms with van der Waals surface area (Å²) >= 11 is 0. The number of hydrogen-bond donors (Lipinski definition) is 8. The van der Waals surface area contributed by atoms with E-state index >= 15 is 0 Å². The molecule has 0 spiro atoms. The lowest BCUT2D eigenvalue weighted by Crippen LogP contribution is -2.46. The maximum absolute atomic E-state index is 10.2. The lowest BCUT2D eigenvalue weighted by Gasteiger charge is -2.23. The summed E-state index contributed by atoms with van der Waals surface area (Å²) in [5.74, 6) is 3.50. The van der Waals surface area contributed by atoms with Gasteiger partial charge in [-0.1, -0.05) is 0 Å². The largest absolute Gasteiger partial charge is 0.469 e. The van der Waals surface area contributed by atoms with Gasteiger partial charge in [-0.2, -0.15) is 0 Å². The second-order valence-electron chi connectivity index (χ2n) is 2.96. The Labute approximate surface area is 101 Å². The summed E-state index contributed by atoms with van der Waals surface area (Å²) in [6, 6.07) is 0.